The smallest absolute Gasteiger partial charge is 0.280 e. The van der Waals surface area contributed by atoms with Crippen molar-refractivity contribution in [2.75, 3.05) is 6.61 Å². The lowest BCUT2D eigenvalue weighted by molar-refractivity contribution is -0.127. The van der Waals surface area contributed by atoms with Gasteiger partial charge in [-0.25, -0.2) is 5.43 Å². The molecule has 5 nitrogen and oxygen atoms in total. The van der Waals surface area contributed by atoms with Crippen LogP contribution in [0, 0.1) is 6.92 Å². The van der Waals surface area contributed by atoms with Crippen molar-refractivity contribution in [3.63, 3.8) is 0 Å². The van der Waals surface area contributed by atoms with Gasteiger partial charge >= 0.3 is 0 Å². The maximum atomic E-state index is 12.2. The van der Waals surface area contributed by atoms with Crippen molar-refractivity contribution in [2.45, 2.75) is 26.4 Å². The summed E-state index contributed by atoms with van der Waals surface area (Å²) in [6.45, 7) is 4.26. The lowest BCUT2D eigenvalue weighted by atomic mass is 10.0. The molecule has 0 spiro atoms. The molecule has 1 N–H and O–H groups in total. The number of benzene rings is 2. The lowest BCUT2D eigenvalue weighted by Crippen LogP contribution is -2.34. The summed E-state index contributed by atoms with van der Waals surface area (Å²) >= 11 is 0. The van der Waals surface area contributed by atoms with Crippen LogP contribution in [0.25, 0.3) is 0 Å². The summed E-state index contributed by atoms with van der Waals surface area (Å²) in [5, 5.41) is 4.26. The predicted molar refractivity (Wildman–Crippen MR) is 92.5 cm³/mol. The first-order valence-corrected chi connectivity index (χ1v) is 7.95. The van der Waals surface area contributed by atoms with E-state index < -0.39 is 6.10 Å². The van der Waals surface area contributed by atoms with Crippen molar-refractivity contribution in [1.29, 1.82) is 0 Å². The van der Waals surface area contributed by atoms with Gasteiger partial charge in [0.15, 0.2) is 6.10 Å². The minimum Gasteiger partial charge on any atom is -0.492 e. The normalized spacial score (nSPS) is 16.0. The summed E-state index contributed by atoms with van der Waals surface area (Å²) in [5.74, 6) is 1.17. The summed E-state index contributed by atoms with van der Waals surface area (Å²) < 4.78 is 11.2. The summed E-state index contributed by atoms with van der Waals surface area (Å²) in [4.78, 5) is 12.2. The van der Waals surface area contributed by atoms with Crippen LogP contribution in [0.1, 0.15) is 24.5 Å². The molecule has 1 aliphatic rings. The Morgan fingerprint density at radius 3 is 2.75 bits per heavy atom. The van der Waals surface area contributed by atoms with Crippen molar-refractivity contribution < 1.29 is 14.3 Å². The van der Waals surface area contributed by atoms with Gasteiger partial charge < -0.3 is 9.47 Å². The summed E-state index contributed by atoms with van der Waals surface area (Å²) in [5.41, 5.74) is 5.46. The fourth-order valence-corrected chi connectivity index (χ4v) is 2.43. The van der Waals surface area contributed by atoms with E-state index in [1.807, 2.05) is 55.5 Å². The zero-order valence-corrected chi connectivity index (χ0v) is 13.8. The van der Waals surface area contributed by atoms with E-state index in [1.165, 1.54) is 0 Å². The minimum atomic E-state index is -0.632. The highest BCUT2D eigenvalue weighted by molar-refractivity contribution is 6.04. The first-order chi connectivity index (χ1) is 11.6. The monoisotopic (exact) mass is 324 g/mol. The third-order valence-corrected chi connectivity index (χ3v) is 3.80. The number of rotatable bonds is 4. The standard InChI is InChI=1S/C19H20N2O3/c1-13-7-9-15(10-8-13)24-14(2)19(22)21-20-17-11-12-23-18-6-4-3-5-16(17)18/h3-10,14H,11-12H2,1-2H3,(H,21,22)/b20-17-/t14-/m0/s1. The van der Waals surface area contributed by atoms with Crippen LogP contribution < -0.4 is 14.9 Å². The highest BCUT2D eigenvalue weighted by Crippen LogP contribution is 2.24. The van der Waals surface area contributed by atoms with E-state index in [0.717, 1.165) is 22.6 Å². The molecule has 1 heterocycles. The Morgan fingerprint density at radius 2 is 1.96 bits per heavy atom. The molecule has 5 heteroatoms. The molecular formula is C19H20N2O3. The maximum absolute atomic E-state index is 12.2. The van der Waals surface area contributed by atoms with Gasteiger partial charge in [-0.05, 0) is 38.1 Å². The van der Waals surface area contributed by atoms with E-state index in [-0.39, 0.29) is 5.91 Å². The zero-order chi connectivity index (χ0) is 16.9. The molecule has 1 aliphatic heterocycles. The summed E-state index contributed by atoms with van der Waals surface area (Å²) in [6, 6.07) is 15.3. The first-order valence-electron chi connectivity index (χ1n) is 7.95. The van der Waals surface area contributed by atoms with Gasteiger partial charge in [0.05, 0.1) is 12.3 Å². The number of amides is 1. The van der Waals surface area contributed by atoms with Crippen LogP contribution in [0.2, 0.25) is 0 Å². The average molecular weight is 324 g/mol. The number of para-hydroxylation sites is 1. The van der Waals surface area contributed by atoms with E-state index in [0.29, 0.717) is 18.8 Å². The molecule has 2 aromatic rings. The number of carbonyl (C=O) groups excluding carboxylic acids is 1. The Balaban J connectivity index is 1.64. The van der Waals surface area contributed by atoms with E-state index in [9.17, 15) is 4.79 Å². The van der Waals surface area contributed by atoms with Crippen LogP contribution in [-0.4, -0.2) is 24.3 Å². The molecule has 124 valence electrons. The third-order valence-electron chi connectivity index (χ3n) is 3.80. The fraction of sp³-hybridized carbons (Fsp3) is 0.263. The summed E-state index contributed by atoms with van der Waals surface area (Å²) in [7, 11) is 0. The fourth-order valence-electron chi connectivity index (χ4n) is 2.43. The first kappa shape index (κ1) is 16.1. The second kappa shape index (κ2) is 7.17. The quantitative estimate of drug-likeness (QED) is 0.879. The average Bonchev–Trinajstić information content (AvgIpc) is 2.61. The van der Waals surface area contributed by atoms with Crippen molar-refractivity contribution in [3.8, 4) is 11.5 Å². The molecular weight excluding hydrogens is 304 g/mol. The van der Waals surface area contributed by atoms with Gasteiger partial charge in [-0.1, -0.05) is 29.8 Å². The number of hydrogen-bond acceptors (Lipinski definition) is 4. The molecule has 1 atom stereocenters. The van der Waals surface area contributed by atoms with Crippen LogP contribution >= 0.6 is 0 Å². The Hall–Kier alpha value is -2.82. The Morgan fingerprint density at radius 1 is 1.21 bits per heavy atom. The van der Waals surface area contributed by atoms with E-state index >= 15 is 0 Å². The molecule has 24 heavy (non-hydrogen) atoms. The van der Waals surface area contributed by atoms with Crippen LogP contribution in [0.5, 0.6) is 11.5 Å². The highest BCUT2D eigenvalue weighted by Gasteiger charge is 2.18. The van der Waals surface area contributed by atoms with Gasteiger partial charge in [0, 0.05) is 12.0 Å². The van der Waals surface area contributed by atoms with Crippen molar-refractivity contribution >= 4 is 11.6 Å². The molecule has 2 aromatic carbocycles. The van der Waals surface area contributed by atoms with Gasteiger partial charge in [0.1, 0.15) is 11.5 Å². The van der Waals surface area contributed by atoms with Crippen molar-refractivity contribution in [1.82, 2.24) is 5.43 Å². The summed E-state index contributed by atoms with van der Waals surface area (Å²) in [6.07, 6.45) is 0.0250. The van der Waals surface area contributed by atoms with Gasteiger partial charge in [0.25, 0.3) is 5.91 Å². The molecule has 0 radical (unpaired) electrons. The van der Waals surface area contributed by atoms with Gasteiger partial charge in [-0.15, -0.1) is 0 Å². The number of aryl methyl sites for hydroxylation is 1. The molecule has 0 bridgehead atoms. The van der Waals surface area contributed by atoms with Gasteiger partial charge in [-0.3, -0.25) is 4.79 Å². The molecule has 1 amide bonds. The van der Waals surface area contributed by atoms with E-state index in [1.54, 1.807) is 6.92 Å². The lowest BCUT2D eigenvalue weighted by Gasteiger charge is -2.19. The van der Waals surface area contributed by atoms with Crippen LogP contribution in [-0.2, 0) is 4.79 Å². The number of nitrogens with zero attached hydrogens (tertiary/aromatic N) is 1. The van der Waals surface area contributed by atoms with Crippen molar-refractivity contribution in [3.05, 3.63) is 59.7 Å². The van der Waals surface area contributed by atoms with Crippen molar-refractivity contribution in [2.24, 2.45) is 5.10 Å². The molecule has 0 fully saturated rings. The Bertz CT molecular complexity index is 753. The maximum Gasteiger partial charge on any atom is 0.280 e. The zero-order valence-electron chi connectivity index (χ0n) is 13.8. The number of hydrogen-bond donors (Lipinski definition) is 1. The molecule has 0 aromatic heterocycles. The number of fused-ring (bicyclic) bond motifs is 1. The molecule has 0 saturated carbocycles. The molecule has 3 rings (SSSR count). The molecule has 0 saturated heterocycles. The number of nitrogens with one attached hydrogen (secondary N) is 1. The third kappa shape index (κ3) is 3.74. The van der Waals surface area contributed by atoms with E-state index in [2.05, 4.69) is 10.5 Å². The second-order valence-electron chi connectivity index (χ2n) is 5.70. The van der Waals surface area contributed by atoms with Crippen LogP contribution in [0.15, 0.2) is 53.6 Å². The van der Waals surface area contributed by atoms with Crippen LogP contribution in [0.4, 0.5) is 0 Å². The molecule has 0 unspecified atom stereocenters. The number of carbonyl (C=O) groups is 1. The predicted octanol–water partition coefficient (Wildman–Crippen LogP) is 3.07. The SMILES string of the molecule is Cc1ccc(O[C@@H](C)C(=O)N/N=C2/CCOc3ccccc32)cc1. The topological polar surface area (TPSA) is 59.9 Å². The minimum absolute atomic E-state index is 0.285. The van der Waals surface area contributed by atoms with Crippen LogP contribution in [0.3, 0.4) is 0 Å². The second-order valence-corrected chi connectivity index (χ2v) is 5.70. The molecule has 0 aliphatic carbocycles. The Labute approximate surface area is 141 Å². The van der Waals surface area contributed by atoms with Gasteiger partial charge in [-0.2, -0.15) is 5.10 Å². The Kier molecular flexibility index (Phi) is 4.79. The highest BCUT2D eigenvalue weighted by atomic mass is 16.5. The number of hydrazone groups is 1. The van der Waals surface area contributed by atoms with E-state index in [4.69, 9.17) is 9.47 Å². The van der Waals surface area contributed by atoms with Gasteiger partial charge in [0.2, 0.25) is 0 Å². The number of ether oxygens (including phenoxy) is 2. The largest absolute Gasteiger partial charge is 0.492 e.